The second-order valence-electron chi connectivity index (χ2n) is 10.7. The summed E-state index contributed by atoms with van der Waals surface area (Å²) in [4.78, 5) is 45.5. The number of halogens is 2. The molecule has 0 amide bonds. The summed E-state index contributed by atoms with van der Waals surface area (Å²) in [5, 5.41) is 35.3. The number of aliphatic carboxylic acids is 4. The van der Waals surface area contributed by atoms with E-state index in [9.17, 15) is 28.0 Å². The van der Waals surface area contributed by atoms with Gasteiger partial charge in [-0.25, -0.2) is 28.0 Å². The zero-order valence-corrected chi connectivity index (χ0v) is 26.1. The quantitative estimate of drug-likeness (QED) is 0.195. The molecule has 252 valence electrons. The molecule has 2 atom stereocenters. The van der Waals surface area contributed by atoms with Gasteiger partial charge >= 0.3 is 23.9 Å². The van der Waals surface area contributed by atoms with Crippen molar-refractivity contribution in [1.82, 2.24) is 20.0 Å². The fraction of sp³-hybridized carbons (Fsp3) is 0.344. The largest absolute Gasteiger partial charge is 0.478 e. The van der Waals surface area contributed by atoms with E-state index in [0.717, 1.165) is 75.0 Å². The van der Waals surface area contributed by atoms with E-state index < -0.39 is 23.9 Å². The Morgan fingerprint density at radius 2 is 1.28 bits per heavy atom. The first-order valence-electron chi connectivity index (χ1n) is 14.7. The molecular formula is C32H36F2N4O8S. The molecule has 1 aliphatic carbocycles. The molecule has 3 aliphatic rings. The first-order valence-corrected chi connectivity index (χ1v) is 15.1. The smallest absolute Gasteiger partial charge is 0.328 e. The molecule has 5 rings (SSSR count). The molecule has 47 heavy (non-hydrogen) atoms. The maximum atomic E-state index is 14.1. The summed E-state index contributed by atoms with van der Waals surface area (Å²) >= 11 is 5.34. The summed E-state index contributed by atoms with van der Waals surface area (Å²) in [6.45, 7) is 8.01. The van der Waals surface area contributed by atoms with Crippen LogP contribution in [-0.2, 0) is 19.2 Å². The third kappa shape index (κ3) is 11.9. The molecule has 0 bridgehead atoms. The molecule has 12 nitrogen and oxygen atoms in total. The third-order valence-corrected chi connectivity index (χ3v) is 8.13. The van der Waals surface area contributed by atoms with Crippen LogP contribution in [0.3, 0.4) is 0 Å². The van der Waals surface area contributed by atoms with Gasteiger partial charge in [0.15, 0.2) is 5.11 Å². The van der Waals surface area contributed by atoms with Gasteiger partial charge in [0.1, 0.15) is 11.6 Å². The Bertz CT molecular complexity index is 1430. The summed E-state index contributed by atoms with van der Waals surface area (Å²) in [5.41, 5.74) is 3.33. The van der Waals surface area contributed by atoms with Gasteiger partial charge in [-0.05, 0) is 59.6 Å². The van der Waals surface area contributed by atoms with E-state index in [1.807, 2.05) is 18.2 Å². The number of rotatable bonds is 9. The van der Waals surface area contributed by atoms with Crippen LogP contribution in [0.25, 0.3) is 0 Å². The standard InChI is InChI=1S/C24H28F2N4S.2C4H4O4/c25-18-3-1-17(2-4-18)21-16-23(20-6-5-19(26)15-22(20)21)29-12-9-28(10-13-29)11-14-30-8-7-27-24(30)31;2*5-3(6)1-2-4(7)8/h1-6,15,21,23H,7-14,16H2,(H,27,31);2*1-2H,(H,5,6)(H,7,8)/b;2*2-1-. The number of nitrogens with zero attached hydrogens (tertiary/aromatic N) is 3. The zero-order valence-electron chi connectivity index (χ0n) is 25.3. The van der Waals surface area contributed by atoms with Crippen LogP contribution in [0.15, 0.2) is 66.8 Å². The van der Waals surface area contributed by atoms with Crippen molar-refractivity contribution in [1.29, 1.82) is 0 Å². The number of carboxylic acid groups (broad SMARTS) is 4. The predicted molar refractivity (Wildman–Crippen MR) is 171 cm³/mol. The molecule has 2 saturated heterocycles. The Labute approximate surface area is 275 Å². The van der Waals surface area contributed by atoms with Crippen LogP contribution in [0.5, 0.6) is 0 Å². The van der Waals surface area contributed by atoms with Crippen LogP contribution in [0.4, 0.5) is 8.78 Å². The molecule has 0 saturated carbocycles. The molecule has 2 heterocycles. The summed E-state index contributed by atoms with van der Waals surface area (Å²) in [7, 11) is 0. The van der Waals surface area contributed by atoms with Gasteiger partial charge in [-0.3, -0.25) is 9.80 Å². The summed E-state index contributed by atoms with van der Waals surface area (Å²) < 4.78 is 27.5. The Morgan fingerprint density at radius 1 is 0.745 bits per heavy atom. The van der Waals surface area contributed by atoms with Crippen molar-refractivity contribution in [2.24, 2.45) is 0 Å². The summed E-state index contributed by atoms with van der Waals surface area (Å²) in [6, 6.07) is 12.2. The van der Waals surface area contributed by atoms with E-state index in [4.69, 9.17) is 32.6 Å². The lowest BCUT2D eigenvalue weighted by atomic mass is 9.93. The first kappa shape index (κ1) is 36.7. The van der Waals surface area contributed by atoms with Gasteiger partial charge in [0.2, 0.25) is 0 Å². The Hall–Kier alpha value is -4.73. The lowest BCUT2D eigenvalue weighted by Gasteiger charge is -2.39. The van der Waals surface area contributed by atoms with Crippen LogP contribution in [0.1, 0.15) is 35.1 Å². The van der Waals surface area contributed by atoms with Gasteiger partial charge in [-0.1, -0.05) is 18.2 Å². The number of carbonyl (C=O) groups is 4. The van der Waals surface area contributed by atoms with E-state index in [2.05, 4.69) is 20.0 Å². The van der Waals surface area contributed by atoms with Crippen molar-refractivity contribution < 1.29 is 48.4 Å². The molecule has 2 fully saturated rings. The highest BCUT2D eigenvalue weighted by atomic mass is 32.1. The number of hydrogen-bond acceptors (Lipinski definition) is 7. The fourth-order valence-electron chi connectivity index (χ4n) is 5.55. The normalized spacial score (nSPS) is 19.4. The average molecular weight is 675 g/mol. The average Bonchev–Trinajstić information content (AvgIpc) is 3.62. The third-order valence-electron chi connectivity index (χ3n) is 7.73. The Balaban J connectivity index is 0.000000312. The first-order chi connectivity index (χ1) is 22.3. The number of hydrogen-bond donors (Lipinski definition) is 5. The maximum Gasteiger partial charge on any atom is 0.328 e. The summed E-state index contributed by atoms with van der Waals surface area (Å²) in [5.74, 6) is -5.36. The van der Waals surface area contributed by atoms with Crippen molar-refractivity contribution in [3.63, 3.8) is 0 Å². The molecule has 0 aromatic heterocycles. The summed E-state index contributed by atoms with van der Waals surface area (Å²) in [6.07, 6.45) is 3.15. The molecule has 5 N–H and O–H groups in total. The van der Waals surface area contributed by atoms with Crippen LogP contribution >= 0.6 is 12.2 Å². The number of fused-ring (bicyclic) bond motifs is 1. The number of nitrogens with one attached hydrogen (secondary N) is 1. The minimum Gasteiger partial charge on any atom is -0.478 e. The van der Waals surface area contributed by atoms with Crippen molar-refractivity contribution in [3.05, 3.63) is 95.1 Å². The molecular weight excluding hydrogens is 638 g/mol. The van der Waals surface area contributed by atoms with E-state index in [1.165, 1.54) is 17.7 Å². The Kier molecular flexibility index (Phi) is 13.9. The number of thiocarbonyl (C=S) groups is 1. The van der Waals surface area contributed by atoms with E-state index in [0.29, 0.717) is 24.3 Å². The second kappa shape index (κ2) is 17.8. The molecule has 2 unspecified atom stereocenters. The van der Waals surface area contributed by atoms with E-state index in [-0.39, 0.29) is 23.6 Å². The maximum absolute atomic E-state index is 14.1. The second-order valence-corrected chi connectivity index (χ2v) is 11.1. The van der Waals surface area contributed by atoms with Crippen LogP contribution < -0.4 is 5.32 Å². The highest BCUT2D eigenvalue weighted by molar-refractivity contribution is 7.80. The van der Waals surface area contributed by atoms with E-state index >= 15 is 0 Å². The van der Waals surface area contributed by atoms with Gasteiger partial charge in [0.05, 0.1) is 0 Å². The zero-order chi connectivity index (χ0) is 34.5. The molecule has 2 aromatic carbocycles. The van der Waals surface area contributed by atoms with E-state index in [1.54, 1.807) is 12.1 Å². The van der Waals surface area contributed by atoms with Crippen molar-refractivity contribution in [3.8, 4) is 0 Å². The number of carboxylic acids is 4. The van der Waals surface area contributed by atoms with Crippen molar-refractivity contribution >= 4 is 41.2 Å². The molecule has 2 aliphatic heterocycles. The number of benzene rings is 2. The topological polar surface area (TPSA) is 171 Å². The van der Waals surface area contributed by atoms with Crippen molar-refractivity contribution in [2.45, 2.75) is 18.4 Å². The predicted octanol–water partition coefficient (Wildman–Crippen LogP) is 2.77. The number of piperazine rings is 1. The van der Waals surface area contributed by atoms with Crippen molar-refractivity contribution in [2.75, 3.05) is 52.4 Å². The lowest BCUT2D eigenvalue weighted by molar-refractivity contribution is -0.134. The highest BCUT2D eigenvalue weighted by Crippen LogP contribution is 2.47. The monoisotopic (exact) mass is 674 g/mol. The minimum atomic E-state index is -1.26. The molecule has 15 heteroatoms. The SMILES string of the molecule is Fc1ccc(C2CC(N3CCN(CCN4CCNC4=S)CC3)c3ccc(F)cc32)cc1.O=C(O)/C=C\C(=O)O.O=C(O)/C=C\C(=O)O. The Morgan fingerprint density at radius 3 is 1.77 bits per heavy atom. The van der Waals surface area contributed by atoms with Gasteiger partial charge in [0.25, 0.3) is 0 Å². The molecule has 0 spiro atoms. The lowest BCUT2D eigenvalue weighted by Crippen LogP contribution is -2.49. The van der Waals surface area contributed by atoms with Gasteiger partial charge in [0, 0.05) is 88.6 Å². The fourth-order valence-corrected chi connectivity index (χ4v) is 5.84. The van der Waals surface area contributed by atoms with Gasteiger partial charge in [-0.15, -0.1) is 0 Å². The molecule has 2 aromatic rings. The van der Waals surface area contributed by atoms with Gasteiger partial charge < -0.3 is 30.6 Å². The molecule has 0 radical (unpaired) electrons. The van der Waals surface area contributed by atoms with Crippen LogP contribution in [0, 0.1) is 11.6 Å². The van der Waals surface area contributed by atoms with Crippen LogP contribution in [-0.4, -0.2) is 116 Å². The van der Waals surface area contributed by atoms with Gasteiger partial charge in [-0.2, -0.15) is 0 Å². The van der Waals surface area contributed by atoms with Crippen LogP contribution in [0.2, 0.25) is 0 Å². The minimum absolute atomic E-state index is 0.109. The highest BCUT2D eigenvalue weighted by Gasteiger charge is 2.36.